The number of ether oxygens (including phenoxy) is 1. The van der Waals surface area contributed by atoms with Gasteiger partial charge in [-0.25, -0.2) is 5.43 Å². The number of hydrazone groups is 1. The fourth-order valence-electron chi connectivity index (χ4n) is 4.71. The van der Waals surface area contributed by atoms with Crippen molar-refractivity contribution in [3.63, 3.8) is 0 Å². The minimum atomic E-state index is -0.192. The summed E-state index contributed by atoms with van der Waals surface area (Å²) < 4.78 is 8.12. The summed E-state index contributed by atoms with van der Waals surface area (Å²) in [5, 5.41) is 13.9. The van der Waals surface area contributed by atoms with E-state index in [0.29, 0.717) is 12.6 Å². The molecule has 0 aliphatic heterocycles. The van der Waals surface area contributed by atoms with Crippen LogP contribution in [0, 0.1) is 6.92 Å². The lowest BCUT2D eigenvalue weighted by molar-refractivity contribution is -0.118. The van der Waals surface area contributed by atoms with Crippen molar-refractivity contribution in [3.8, 4) is 17.1 Å². The van der Waals surface area contributed by atoms with Gasteiger partial charge in [0.1, 0.15) is 12.4 Å². The zero-order valence-corrected chi connectivity index (χ0v) is 22.9. The Balaban J connectivity index is 1.19. The van der Waals surface area contributed by atoms with Crippen LogP contribution in [0.15, 0.2) is 89.1 Å². The van der Waals surface area contributed by atoms with Crippen molar-refractivity contribution in [2.75, 3.05) is 5.75 Å². The van der Waals surface area contributed by atoms with Gasteiger partial charge in [0, 0.05) is 11.6 Å². The lowest BCUT2D eigenvalue weighted by atomic mass is 9.95. The van der Waals surface area contributed by atoms with Crippen molar-refractivity contribution in [2.24, 2.45) is 5.10 Å². The van der Waals surface area contributed by atoms with Crippen molar-refractivity contribution in [2.45, 2.75) is 56.8 Å². The Hall–Kier alpha value is -3.91. The smallest absolute Gasteiger partial charge is 0.250 e. The summed E-state index contributed by atoms with van der Waals surface area (Å²) in [6.45, 7) is 2.57. The molecule has 0 unspecified atom stereocenters. The fraction of sp³-hybridized carbons (Fsp3) is 0.290. The van der Waals surface area contributed by atoms with Crippen molar-refractivity contribution in [3.05, 3.63) is 95.6 Å². The highest BCUT2D eigenvalue weighted by atomic mass is 32.2. The Morgan fingerprint density at radius 2 is 1.82 bits per heavy atom. The third-order valence-corrected chi connectivity index (χ3v) is 7.70. The van der Waals surface area contributed by atoms with E-state index in [4.69, 9.17) is 4.74 Å². The molecule has 1 fully saturated rings. The average Bonchev–Trinajstić information content (AvgIpc) is 3.41. The van der Waals surface area contributed by atoms with Crippen LogP contribution in [0.1, 0.15) is 54.8 Å². The van der Waals surface area contributed by atoms with E-state index in [-0.39, 0.29) is 11.7 Å². The molecule has 0 bridgehead atoms. The van der Waals surface area contributed by atoms with Crippen molar-refractivity contribution >= 4 is 23.9 Å². The van der Waals surface area contributed by atoms with Crippen LogP contribution in [0.3, 0.4) is 0 Å². The molecule has 1 aliphatic carbocycles. The van der Waals surface area contributed by atoms with Gasteiger partial charge >= 0.3 is 0 Å². The Morgan fingerprint density at radius 1 is 1.03 bits per heavy atom. The summed E-state index contributed by atoms with van der Waals surface area (Å²) in [5.74, 6) is 1.63. The average molecular weight is 540 g/mol. The first-order chi connectivity index (χ1) is 19.2. The van der Waals surface area contributed by atoms with Gasteiger partial charge in [-0.1, -0.05) is 103 Å². The number of nitrogens with one attached hydrogen (secondary N) is 1. The van der Waals surface area contributed by atoms with Gasteiger partial charge in [-0.2, -0.15) is 5.10 Å². The quantitative estimate of drug-likeness (QED) is 0.140. The maximum absolute atomic E-state index is 12.6. The second-order valence-corrected chi connectivity index (χ2v) is 10.7. The molecule has 0 atom stereocenters. The number of aryl methyl sites for hydroxylation is 1. The molecule has 8 heteroatoms. The summed E-state index contributed by atoms with van der Waals surface area (Å²) in [6.07, 6.45) is 7.51. The van der Waals surface area contributed by atoms with Gasteiger partial charge in [0.25, 0.3) is 5.91 Å². The van der Waals surface area contributed by atoms with Crippen LogP contribution in [0.4, 0.5) is 0 Å². The molecule has 1 N–H and O–H groups in total. The summed E-state index contributed by atoms with van der Waals surface area (Å²) >= 11 is 1.40. The van der Waals surface area contributed by atoms with Crippen LogP contribution >= 0.6 is 11.8 Å². The number of thioether (sulfide) groups is 1. The molecular formula is C31H33N5O2S. The number of hydrogen-bond donors (Lipinski definition) is 1. The molecule has 0 radical (unpaired) electrons. The third kappa shape index (κ3) is 7.35. The molecule has 7 nitrogen and oxygen atoms in total. The Kier molecular flexibility index (Phi) is 9.06. The van der Waals surface area contributed by atoms with E-state index in [9.17, 15) is 4.79 Å². The number of carbonyl (C=O) groups is 1. The first-order valence-corrected chi connectivity index (χ1v) is 14.4. The number of rotatable bonds is 10. The van der Waals surface area contributed by atoms with Crippen LogP contribution in [0.2, 0.25) is 0 Å². The summed E-state index contributed by atoms with van der Waals surface area (Å²) in [7, 11) is 0. The van der Waals surface area contributed by atoms with E-state index in [2.05, 4.69) is 56.5 Å². The van der Waals surface area contributed by atoms with Gasteiger partial charge < -0.3 is 4.74 Å². The van der Waals surface area contributed by atoms with Gasteiger partial charge in [0.2, 0.25) is 0 Å². The number of nitrogens with zero attached hydrogens (tertiary/aromatic N) is 4. The zero-order valence-electron chi connectivity index (χ0n) is 22.1. The van der Waals surface area contributed by atoms with Crippen molar-refractivity contribution < 1.29 is 9.53 Å². The Bertz CT molecular complexity index is 1400. The first kappa shape index (κ1) is 26.7. The molecule has 3 aromatic carbocycles. The van der Waals surface area contributed by atoms with E-state index < -0.39 is 0 Å². The van der Waals surface area contributed by atoms with E-state index in [1.165, 1.54) is 36.6 Å². The maximum atomic E-state index is 12.6. The molecule has 1 heterocycles. The van der Waals surface area contributed by atoms with Gasteiger partial charge in [-0.3, -0.25) is 9.36 Å². The molecule has 0 saturated heterocycles. The number of aromatic nitrogens is 3. The molecule has 1 saturated carbocycles. The molecule has 1 amide bonds. The molecule has 5 rings (SSSR count). The lowest BCUT2D eigenvalue weighted by Gasteiger charge is -2.25. The Morgan fingerprint density at radius 3 is 2.62 bits per heavy atom. The van der Waals surface area contributed by atoms with Crippen LogP contribution in [-0.4, -0.2) is 32.6 Å². The van der Waals surface area contributed by atoms with E-state index in [1.807, 2.05) is 54.6 Å². The lowest BCUT2D eigenvalue weighted by Crippen LogP contribution is -2.20. The van der Waals surface area contributed by atoms with Gasteiger partial charge in [-0.05, 0) is 43.0 Å². The summed E-state index contributed by atoms with van der Waals surface area (Å²) in [5.41, 5.74) is 6.84. The normalized spacial score (nSPS) is 14.0. The summed E-state index contributed by atoms with van der Waals surface area (Å²) in [6, 6.07) is 26.4. The second kappa shape index (κ2) is 13.2. The zero-order chi connectivity index (χ0) is 26.9. The van der Waals surface area contributed by atoms with Crippen molar-refractivity contribution in [1.29, 1.82) is 0 Å². The van der Waals surface area contributed by atoms with Gasteiger partial charge in [-0.15, -0.1) is 10.2 Å². The largest absolute Gasteiger partial charge is 0.489 e. The molecule has 39 heavy (non-hydrogen) atoms. The maximum Gasteiger partial charge on any atom is 0.250 e. The second-order valence-electron chi connectivity index (χ2n) is 9.76. The molecular weight excluding hydrogens is 506 g/mol. The molecule has 200 valence electrons. The van der Waals surface area contributed by atoms with E-state index in [1.54, 1.807) is 6.21 Å². The molecule has 1 aliphatic rings. The SMILES string of the molecule is Cc1ccc(-c2nnc(SCC(=O)N/N=C/c3cccc(OCc4ccccc4)c3)n2C2CCCCC2)cc1. The van der Waals surface area contributed by atoms with E-state index >= 15 is 0 Å². The summed E-state index contributed by atoms with van der Waals surface area (Å²) in [4.78, 5) is 12.6. The van der Waals surface area contributed by atoms with Crippen molar-refractivity contribution in [1.82, 2.24) is 20.2 Å². The number of hydrogen-bond acceptors (Lipinski definition) is 6. The fourth-order valence-corrected chi connectivity index (χ4v) is 5.51. The van der Waals surface area contributed by atoms with Crippen LogP contribution < -0.4 is 10.2 Å². The minimum Gasteiger partial charge on any atom is -0.489 e. The minimum absolute atomic E-state index is 0.192. The number of benzene rings is 3. The first-order valence-electron chi connectivity index (χ1n) is 13.4. The van der Waals surface area contributed by atoms with Crippen LogP contribution in [0.5, 0.6) is 5.75 Å². The Labute approximate surface area is 233 Å². The highest BCUT2D eigenvalue weighted by Crippen LogP contribution is 2.35. The van der Waals surface area contributed by atoms with Gasteiger partial charge in [0.15, 0.2) is 11.0 Å². The van der Waals surface area contributed by atoms with Gasteiger partial charge in [0.05, 0.1) is 12.0 Å². The molecule has 0 spiro atoms. The van der Waals surface area contributed by atoms with Crippen LogP contribution in [0.25, 0.3) is 11.4 Å². The monoisotopic (exact) mass is 539 g/mol. The predicted molar refractivity (Wildman–Crippen MR) is 156 cm³/mol. The topological polar surface area (TPSA) is 81.4 Å². The predicted octanol–water partition coefficient (Wildman–Crippen LogP) is 6.58. The third-order valence-electron chi connectivity index (χ3n) is 6.76. The standard InChI is InChI=1S/C31H33N5O2S/c1-23-15-17-26(18-16-23)30-34-35-31(36(30)27-12-6-3-7-13-27)39-22-29(37)33-32-20-25-11-8-14-28(19-25)38-21-24-9-4-2-5-10-24/h2,4-5,8-11,14-20,27H,3,6-7,12-13,21-22H2,1H3,(H,33,37)/b32-20+. The highest BCUT2D eigenvalue weighted by molar-refractivity contribution is 7.99. The van der Waals surface area contributed by atoms with Crippen LogP contribution in [-0.2, 0) is 11.4 Å². The number of amides is 1. The highest BCUT2D eigenvalue weighted by Gasteiger charge is 2.24. The molecule has 1 aromatic heterocycles. The number of carbonyl (C=O) groups excluding carboxylic acids is 1. The van der Waals surface area contributed by atoms with E-state index in [0.717, 1.165) is 46.3 Å². The molecule has 4 aromatic rings.